The van der Waals surface area contributed by atoms with Crippen molar-refractivity contribution in [2.75, 3.05) is 13.2 Å². The molecular weight excluding hydrogens is 428 g/mol. The molecular formula is C28H38O4Si. The Morgan fingerprint density at radius 2 is 1.48 bits per heavy atom. The van der Waals surface area contributed by atoms with E-state index in [0.717, 1.165) is 25.9 Å². The number of hydrogen-bond donors (Lipinski definition) is 0. The van der Waals surface area contributed by atoms with Crippen molar-refractivity contribution in [3.63, 3.8) is 0 Å². The van der Waals surface area contributed by atoms with E-state index in [2.05, 4.69) is 81.4 Å². The Hall–Kier alpha value is -1.50. The maximum absolute atomic E-state index is 7.50. The van der Waals surface area contributed by atoms with Crippen LogP contribution >= 0.6 is 0 Å². The van der Waals surface area contributed by atoms with Crippen LogP contribution < -0.4 is 10.4 Å². The van der Waals surface area contributed by atoms with Crippen molar-refractivity contribution >= 4 is 18.7 Å². The summed E-state index contributed by atoms with van der Waals surface area (Å²) in [5.41, 5.74) is 0. The van der Waals surface area contributed by atoms with E-state index in [0.29, 0.717) is 6.61 Å². The van der Waals surface area contributed by atoms with Crippen molar-refractivity contribution < 1.29 is 18.6 Å². The fourth-order valence-corrected chi connectivity index (χ4v) is 10.5. The molecule has 1 aliphatic carbocycles. The van der Waals surface area contributed by atoms with E-state index in [9.17, 15) is 0 Å². The minimum atomic E-state index is -2.67. The van der Waals surface area contributed by atoms with E-state index < -0.39 is 14.1 Å². The summed E-state index contributed by atoms with van der Waals surface area (Å²) in [5, 5.41) is 2.54. The van der Waals surface area contributed by atoms with Gasteiger partial charge in [0.05, 0.1) is 25.4 Å². The maximum atomic E-state index is 7.50. The predicted octanol–water partition coefficient (Wildman–Crippen LogP) is 4.80. The molecule has 0 aromatic heterocycles. The molecule has 0 bridgehead atoms. The second kappa shape index (κ2) is 9.27. The average molecular weight is 467 g/mol. The molecule has 0 radical (unpaired) electrons. The number of epoxide rings is 1. The first kappa shape index (κ1) is 23.2. The van der Waals surface area contributed by atoms with E-state index >= 15 is 0 Å². The minimum Gasteiger partial charge on any atom is -0.402 e. The highest BCUT2D eigenvalue weighted by Gasteiger charge is 2.54. The summed E-state index contributed by atoms with van der Waals surface area (Å²) in [6, 6.07) is 21.8. The summed E-state index contributed by atoms with van der Waals surface area (Å²) in [5.74, 6) is -0.402. The predicted molar refractivity (Wildman–Crippen MR) is 133 cm³/mol. The van der Waals surface area contributed by atoms with Gasteiger partial charge in [0.1, 0.15) is 6.10 Å². The van der Waals surface area contributed by atoms with Gasteiger partial charge in [-0.05, 0) is 28.3 Å². The van der Waals surface area contributed by atoms with Crippen LogP contribution in [0.4, 0.5) is 0 Å². The maximum Gasteiger partial charge on any atom is 0.261 e. The molecule has 33 heavy (non-hydrogen) atoms. The molecule has 5 heteroatoms. The van der Waals surface area contributed by atoms with Crippen molar-refractivity contribution in [3.05, 3.63) is 60.7 Å². The van der Waals surface area contributed by atoms with Gasteiger partial charge in [-0.15, -0.1) is 0 Å². The zero-order valence-corrected chi connectivity index (χ0v) is 21.3. The van der Waals surface area contributed by atoms with E-state index in [1.807, 2.05) is 0 Å². The lowest BCUT2D eigenvalue weighted by molar-refractivity contribution is -0.195. The molecule has 2 aromatic rings. The molecule has 0 unspecified atom stereocenters. The topological polar surface area (TPSA) is 40.2 Å². The summed E-state index contributed by atoms with van der Waals surface area (Å²) in [6.45, 7) is 8.42. The van der Waals surface area contributed by atoms with Crippen LogP contribution in [0.1, 0.15) is 59.3 Å². The highest BCUT2D eigenvalue weighted by Crippen LogP contribution is 2.43. The van der Waals surface area contributed by atoms with Crippen LogP contribution in [0.5, 0.6) is 0 Å². The summed E-state index contributed by atoms with van der Waals surface area (Å²) < 4.78 is 26.3. The fourth-order valence-electron chi connectivity index (χ4n) is 5.77. The van der Waals surface area contributed by atoms with Crippen LogP contribution in [0.15, 0.2) is 60.7 Å². The molecule has 2 heterocycles. The first-order valence-electron chi connectivity index (χ1n) is 12.6. The third kappa shape index (κ3) is 4.71. The number of hydrogen-bond acceptors (Lipinski definition) is 4. The van der Waals surface area contributed by atoms with E-state index in [1.54, 1.807) is 0 Å². The van der Waals surface area contributed by atoms with Crippen LogP contribution in [0, 0.1) is 0 Å². The Morgan fingerprint density at radius 1 is 0.909 bits per heavy atom. The van der Waals surface area contributed by atoms with Gasteiger partial charge in [-0.3, -0.25) is 0 Å². The SMILES string of the molecule is CC(C)(C)[Si](O[C@H](C[C@H]1CO1)[C@H]1COC2(CCCCC2)O1)(c1ccccc1)c1ccccc1. The lowest BCUT2D eigenvalue weighted by atomic mass is 9.94. The van der Waals surface area contributed by atoms with Crippen molar-refractivity contribution in [3.8, 4) is 0 Å². The third-order valence-electron chi connectivity index (χ3n) is 7.55. The highest BCUT2D eigenvalue weighted by atomic mass is 28.4. The lowest BCUT2D eigenvalue weighted by Crippen LogP contribution is -2.68. The monoisotopic (exact) mass is 466 g/mol. The van der Waals surface area contributed by atoms with Crippen LogP contribution in [-0.4, -0.2) is 45.6 Å². The molecule has 178 valence electrons. The Kier molecular flexibility index (Phi) is 6.53. The molecule has 3 fully saturated rings. The first-order valence-corrected chi connectivity index (χ1v) is 14.5. The second-order valence-electron chi connectivity index (χ2n) is 10.9. The summed E-state index contributed by atoms with van der Waals surface area (Å²) >= 11 is 0. The zero-order chi connectivity index (χ0) is 22.9. The van der Waals surface area contributed by atoms with E-state index in [-0.39, 0.29) is 23.4 Å². The Morgan fingerprint density at radius 3 is 2.00 bits per heavy atom. The van der Waals surface area contributed by atoms with Gasteiger partial charge in [-0.2, -0.15) is 0 Å². The van der Waals surface area contributed by atoms with Gasteiger partial charge in [-0.1, -0.05) is 87.9 Å². The first-order chi connectivity index (χ1) is 15.9. The largest absolute Gasteiger partial charge is 0.402 e. The fraction of sp³-hybridized carbons (Fsp3) is 0.571. The standard InChI is InChI=1S/C28H38O4Si/c1-27(2,3)33(23-13-7-4-8-14-23,24-15-9-5-10-16-24)32-25(19-22-20-29-22)26-21-30-28(31-26)17-11-6-12-18-28/h4-5,7-10,13-16,22,25-26H,6,11-12,17-21H2,1-3H3/t22-,25+,26+/m0/s1. The Balaban J connectivity index is 1.53. The molecule has 4 nitrogen and oxygen atoms in total. The van der Waals surface area contributed by atoms with Gasteiger partial charge in [-0.25, -0.2) is 0 Å². The molecule has 1 spiro atoms. The highest BCUT2D eigenvalue weighted by molar-refractivity contribution is 6.99. The average Bonchev–Trinajstić information content (AvgIpc) is 3.56. The van der Waals surface area contributed by atoms with Crippen molar-refractivity contribution in [2.24, 2.45) is 0 Å². The molecule has 2 saturated heterocycles. The molecule has 3 atom stereocenters. The van der Waals surface area contributed by atoms with Gasteiger partial charge in [0.2, 0.25) is 0 Å². The van der Waals surface area contributed by atoms with Crippen LogP contribution in [0.25, 0.3) is 0 Å². The van der Waals surface area contributed by atoms with Crippen molar-refractivity contribution in [2.45, 2.75) is 88.4 Å². The van der Waals surface area contributed by atoms with Crippen LogP contribution in [0.3, 0.4) is 0 Å². The summed E-state index contributed by atoms with van der Waals surface area (Å²) in [6.07, 6.45) is 6.62. The van der Waals surface area contributed by atoms with Gasteiger partial charge in [0.15, 0.2) is 5.79 Å². The molecule has 2 aliphatic heterocycles. The smallest absolute Gasteiger partial charge is 0.261 e. The molecule has 1 saturated carbocycles. The van der Waals surface area contributed by atoms with Gasteiger partial charge in [0.25, 0.3) is 8.32 Å². The molecule has 0 N–H and O–H groups in total. The Labute approximate surface area is 199 Å². The third-order valence-corrected chi connectivity index (χ3v) is 12.6. The summed E-state index contributed by atoms with van der Waals surface area (Å²) in [7, 11) is -2.67. The molecule has 0 amide bonds. The van der Waals surface area contributed by atoms with E-state index in [4.69, 9.17) is 18.6 Å². The number of ether oxygens (including phenoxy) is 3. The summed E-state index contributed by atoms with van der Waals surface area (Å²) in [4.78, 5) is 0. The van der Waals surface area contributed by atoms with Gasteiger partial charge in [0, 0.05) is 19.3 Å². The Bertz CT molecular complexity index is 861. The molecule has 2 aromatic carbocycles. The van der Waals surface area contributed by atoms with Crippen molar-refractivity contribution in [1.82, 2.24) is 0 Å². The number of benzene rings is 2. The number of rotatable bonds is 7. The zero-order valence-electron chi connectivity index (χ0n) is 20.3. The van der Waals surface area contributed by atoms with Gasteiger partial charge < -0.3 is 18.6 Å². The second-order valence-corrected chi connectivity index (χ2v) is 15.2. The lowest BCUT2D eigenvalue weighted by Gasteiger charge is -2.46. The van der Waals surface area contributed by atoms with Crippen molar-refractivity contribution in [1.29, 1.82) is 0 Å². The molecule has 3 aliphatic rings. The normalized spacial score (nSPS) is 25.8. The van der Waals surface area contributed by atoms with E-state index in [1.165, 1.54) is 29.6 Å². The van der Waals surface area contributed by atoms with Crippen LogP contribution in [-0.2, 0) is 18.6 Å². The molecule has 5 rings (SSSR count). The minimum absolute atomic E-state index is 0.0612. The quantitative estimate of drug-likeness (QED) is 0.434. The van der Waals surface area contributed by atoms with Crippen LogP contribution in [0.2, 0.25) is 5.04 Å². The van der Waals surface area contributed by atoms with Gasteiger partial charge >= 0.3 is 0 Å².